The lowest BCUT2D eigenvalue weighted by Gasteiger charge is -2.25. The molecule has 5 unspecified atom stereocenters. The van der Waals surface area contributed by atoms with Crippen LogP contribution in [-0.2, 0) is 32.0 Å². The largest absolute Gasteiger partial charge is 0.480 e. The smallest absolute Gasteiger partial charge is 0.326 e. The molecule has 12 nitrogen and oxygen atoms in total. The zero-order valence-corrected chi connectivity index (χ0v) is 21.5. The second kappa shape index (κ2) is 15.0. The van der Waals surface area contributed by atoms with Crippen molar-refractivity contribution in [3.05, 3.63) is 54.1 Å². The van der Waals surface area contributed by atoms with Crippen LogP contribution in [0.3, 0.4) is 0 Å². The van der Waals surface area contributed by atoms with E-state index in [4.69, 9.17) is 5.73 Å². The number of rotatable bonds is 15. The number of aromatic nitrogens is 2. The highest BCUT2D eigenvalue weighted by atomic mass is 32.2. The molecule has 8 N–H and O–H groups in total. The number of aliphatic carboxylic acids is 1. The molecule has 13 heteroatoms. The van der Waals surface area contributed by atoms with Crippen molar-refractivity contribution < 1.29 is 29.4 Å². The Kier molecular flexibility index (Phi) is 12.1. The van der Waals surface area contributed by atoms with E-state index in [-0.39, 0.29) is 19.3 Å². The van der Waals surface area contributed by atoms with Gasteiger partial charge in [-0.1, -0.05) is 30.3 Å². The fourth-order valence-electron chi connectivity index (χ4n) is 3.41. The van der Waals surface area contributed by atoms with Gasteiger partial charge in [-0.2, -0.15) is 11.8 Å². The minimum Gasteiger partial charge on any atom is -0.480 e. The average Bonchev–Trinajstić information content (AvgIpc) is 3.38. The van der Waals surface area contributed by atoms with Crippen LogP contribution in [-0.4, -0.2) is 86.2 Å². The molecule has 1 aromatic heterocycles. The number of hydrogen-bond acceptors (Lipinski definition) is 8. The lowest BCUT2D eigenvalue weighted by atomic mass is 10.0. The molecule has 202 valence electrons. The molecule has 0 saturated carbocycles. The average molecular weight is 535 g/mol. The number of imidazole rings is 1. The Bertz CT molecular complexity index is 1020. The zero-order chi connectivity index (χ0) is 27.4. The minimum atomic E-state index is -1.27. The maximum absolute atomic E-state index is 13.3. The topological polar surface area (TPSA) is 200 Å². The number of nitrogens with two attached hydrogens (primary N) is 1. The molecule has 0 aliphatic carbocycles. The Morgan fingerprint density at radius 2 is 1.59 bits per heavy atom. The van der Waals surface area contributed by atoms with Crippen LogP contribution in [0.15, 0.2) is 42.9 Å². The van der Waals surface area contributed by atoms with Gasteiger partial charge in [0.2, 0.25) is 17.7 Å². The molecule has 0 saturated heterocycles. The molecule has 0 radical (unpaired) electrons. The maximum Gasteiger partial charge on any atom is 0.326 e. The predicted octanol–water partition coefficient (Wildman–Crippen LogP) is -0.805. The van der Waals surface area contributed by atoms with Crippen molar-refractivity contribution in [3.63, 3.8) is 0 Å². The molecular weight excluding hydrogens is 500 g/mol. The SMILES string of the molecule is CSCCC(NC(=O)C(Cc1ccccc1)NC(=O)C(Cc1cnc[nH]1)NC(=O)C(N)C(C)O)C(=O)O. The van der Waals surface area contributed by atoms with E-state index >= 15 is 0 Å². The highest BCUT2D eigenvalue weighted by molar-refractivity contribution is 7.98. The molecule has 0 fully saturated rings. The number of carbonyl (C=O) groups is 4. The van der Waals surface area contributed by atoms with Crippen molar-refractivity contribution in [2.45, 2.75) is 56.5 Å². The highest BCUT2D eigenvalue weighted by Crippen LogP contribution is 2.08. The Balaban J connectivity index is 2.26. The molecule has 0 bridgehead atoms. The summed E-state index contributed by atoms with van der Waals surface area (Å²) >= 11 is 1.45. The van der Waals surface area contributed by atoms with Crippen LogP contribution in [0.25, 0.3) is 0 Å². The minimum absolute atomic E-state index is 0.00918. The summed E-state index contributed by atoms with van der Waals surface area (Å²) < 4.78 is 0. The second-order valence-electron chi connectivity index (χ2n) is 8.54. The van der Waals surface area contributed by atoms with Gasteiger partial charge in [-0.25, -0.2) is 9.78 Å². The standard InChI is InChI=1S/C24H34N6O6S/c1-14(31)20(25)23(34)30-19(11-16-12-26-13-27-16)22(33)29-18(10-15-6-4-3-5-7-15)21(32)28-17(24(35)36)8-9-37-2/h3-7,12-14,17-20,31H,8-11,25H2,1-2H3,(H,26,27)(H,28,32)(H,29,33)(H,30,34)(H,35,36). The first-order chi connectivity index (χ1) is 17.6. The number of nitrogens with zero attached hydrogens (tertiary/aromatic N) is 1. The Labute approximate surface area is 219 Å². The first-order valence-corrected chi connectivity index (χ1v) is 13.1. The number of carboxylic acids is 1. The monoisotopic (exact) mass is 534 g/mol. The fraction of sp³-hybridized carbons (Fsp3) is 0.458. The number of thioether (sulfide) groups is 1. The number of aromatic amines is 1. The first-order valence-electron chi connectivity index (χ1n) is 11.7. The molecule has 0 aliphatic heterocycles. The van der Waals surface area contributed by atoms with E-state index in [2.05, 4.69) is 25.9 Å². The molecule has 3 amide bonds. The molecule has 1 aromatic carbocycles. The van der Waals surface area contributed by atoms with Crippen LogP contribution in [0.5, 0.6) is 0 Å². The molecule has 5 atom stereocenters. The third-order valence-corrected chi connectivity index (χ3v) is 6.22. The van der Waals surface area contributed by atoms with Crippen LogP contribution in [0.2, 0.25) is 0 Å². The van der Waals surface area contributed by atoms with E-state index in [0.717, 1.165) is 5.56 Å². The summed E-state index contributed by atoms with van der Waals surface area (Å²) in [5, 5.41) is 26.9. The van der Waals surface area contributed by atoms with Crippen LogP contribution >= 0.6 is 11.8 Å². The van der Waals surface area contributed by atoms with Crippen molar-refractivity contribution in [1.82, 2.24) is 25.9 Å². The van der Waals surface area contributed by atoms with Crippen molar-refractivity contribution in [3.8, 4) is 0 Å². The number of carboxylic acid groups (broad SMARTS) is 1. The van der Waals surface area contributed by atoms with Gasteiger partial charge in [-0.3, -0.25) is 14.4 Å². The summed E-state index contributed by atoms with van der Waals surface area (Å²) in [6.45, 7) is 1.35. The molecule has 37 heavy (non-hydrogen) atoms. The lowest BCUT2D eigenvalue weighted by Crippen LogP contribution is -2.59. The number of H-pyrrole nitrogens is 1. The van der Waals surface area contributed by atoms with E-state index in [9.17, 15) is 29.4 Å². The molecule has 0 aliphatic rings. The van der Waals surface area contributed by atoms with Crippen molar-refractivity contribution in [1.29, 1.82) is 0 Å². The number of amides is 3. The van der Waals surface area contributed by atoms with Gasteiger partial charge in [0, 0.05) is 24.7 Å². The highest BCUT2D eigenvalue weighted by Gasteiger charge is 2.31. The number of nitrogens with one attached hydrogen (secondary N) is 4. The van der Waals surface area contributed by atoms with E-state index < -0.39 is 54.0 Å². The second-order valence-corrected chi connectivity index (χ2v) is 9.53. The van der Waals surface area contributed by atoms with E-state index in [1.165, 1.54) is 31.2 Å². The van der Waals surface area contributed by atoms with Crippen molar-refractivity contribution in [2.24, 2.45) is 5.73 Å². The van der Waals surface area contributed by atoms with Crippen molar-refractivity contribution in [2.75, 3.05) is 12.0 Å². The van der Waals surface area contributed by atoms with Gasteiger partial charge in [0.1, 0.15) is 24.2 Å². The van der Waals surface area contributed by atoms with Gasteiger partial charge in [0.15, 0.2) is 0 Å². The summed E-state index contributed by atoms with van der Waals surface area (Å²) in [5.74, 6) is -2.76. The molecule has 1 heterocycles. The molecule has 2 rings (SSSR count). The quantitative estimate of drug-likeness (QED) is 0.153. The Morgan fingerprint density at radius 1 is 1.00 bits per heavy atom. The lowest BCUT2D eigenvalue weighted by molar-refractivity contribution is -0.142. The summed E-state index contributed by atoms with van der Waals surface area (Å²) in [7, 11) is 0. The summed E-state index contributed by atoms with van der Waals surface area (Å²) in [5.41, 5.74) is 7.00. The molecular formula is C24H34N6O6S. The maximum atomic E-state index is 13.3. The van der Waals surface area contributed by atoms with Crippen LogP contribution in [0.4, 0.5) is 0 Å². The Hall–Kier alpha value is -3.42. The van der Waals surface area contributed by atoms with Crippen LogP contribution in [0.1, 0.15) is 24.6 Å². The van der Waals surface area contributed by atoms with Gasteiger partial charge >= 0.3 is 5.97 Å². The van der Waals surface area contributed by atoms with E-state index in [1.807, 2.05) is 6.26 Å². The number of hydrogen-bond donors (Lipinski definition) is 7. The fourth-order valence-corrected chi connectivity index (χ4v) is 3.88. The van der Waals surface area contributed by atoms with Gasteiger partial charge in [-0.05, 0) is 30.9 Å². The number of aliphatic hydroxyl groups excluding tert-OH is 1. The van der Waals surface area contributed by atoms with Crippen LogP contribution < -0.4 is 21.7 Å². The van der Waals surface area contributed by atoms with Gasteiger partial charge < -0.3 is 36.9 Å². The first kappa shape index (κ1) is 29.8. The van der Waals surface area contributed by atoms with E-state index in [1.54, 1.807) is 30.3 Å². The molecule has 2 aromatic rings. The summed E-state index contributed by atoms with van der Waals surface area (Å²) in [6.07, 6.45) is 3.89. The zero-order valence-electron chi connectivity index (χ0n) is 20.7. The summed E-state index contributed by atoms with van der Waals surface area (Å²) in [6, 6.07) is 4.25. The third-order valence-electron chi connectivity index (χ3n) is 5.58. The number of carbonyl (C=O) groups excluding carboxylic acids is 3. The van der Waals surface area contributed by atoms with E-state index in [0.29, 0.717) is 11.4 Å². The van der Waals surface area contributed by atoms with Gasteiger partial charge in [0.25, 0.3) is 0 Å². The van der Waals surface area contributed by atoms with Gasteiger partial charge in [-0.15, -0.1) is 0 Å². The summed E-state index contributed by atoms with van der Waals surface area (Å²) in [4.78, 5) is 57.4. The van der Waals surface area contributed by atoms with Gasteiger partial charge in [0.05, 0.1) is 12.4 Å². The Morgan fingerprint density at radius 3 is 2.14 bits per heavy atom. The van der Waals surface area contributed by atoms with Crippen molar-refractivity contribution >= 4 is 35.5 Å². The normalized spacial score (nSPS) is 15.0. The third kappa shape index (κ3) is 9.86. The number of benzene rings is 1. The number of aliphatic hydroxyl groups is 1. The predicted molar refractivity (Wildman–Crippen MR) is 139 cm³/mol. The van der Waals surface area contributed by atoms with Crippen LogP contribution in [0, 0.1) is 0 Å². The molecule has 0 spiro atoms.